The Kier molecular flexibility index (Phi) is 64.2. The van der Waals surface area contributed by atoms with Crippen molar-refractivity contribution in [1.29, 1.82) is 0 Å². The van der Waals surface area contributed by atoms with Crippen molar-refractivity contribution in [3.8, 4) is 0 Å². The lowest BCUT2D eigenvalue weighted by Gasteiger charge is -2.27. The molecule has 10 heteroatoms. The minimum atomic E-state index is -4.47. The van der Waals surface area contributed by atoms with Gasteiger partial charge in [-0.15, -0.1) is 0 Å². The number of hydrogen-bond donors (Lipinski definition) is 2. The van der Waals surface area contributed by atoms with E-state index in [1.807, 2.05) is 33.3 Å². The Morgan fingerprint density at radius 2 is 0.711 bits per heavy atom. The minimum absolute atomic E-state index is 0.0271. The zero-order chi connectivity index (χ0) is 65.6. The number of unbranched alkanes of at least 4 members (excludes halogenated alkanes) is 24. The number of amides is 1. The maximum Gasteiger partial charge on any atom is 0.472 e. The number of allylic oxidation sites excluding steroid dienone is 25. The standard InChI is InChI=1S/C80H135N2O7P/c1-7-10-13-16-19-22-25-28-30-32-34-36-38-40-41-43-44-46-48-50-52-54-57-60-63-66-69-72-79(83)81-77(76-88-90(85,86)87-75-74-82(4,5)6)78(71-68-65-62-59-56-27-24-21-18-15-12-9-3)89-80(84)73-70-67-64-61-58-55-53-51-49-47-45-42-39-37-35-33-31-29-26-23-20-17-14-11-8-2/h10-11,13-14,19-20,22-23,28-31,34-37,40-42,44-46,49,51,68,71,77-78H,7-9,12,15-18,21,24-27,32-33,38-39,43,47-48,50,52-67,69-70,72-76H2,1-6H3,(H-,81,83,85,86)/p+1/b13-10-,14-11-,22-19-,23-20-,30-28-,31-29-,36-34-,37-35-,41-40-,45-42-,46-44-,51-49-,71-68+. The fourth-order valence-electron chi connectivity index (χ4n) is 9.71. The van der Waals surface area contributed by atoms with Crippen LogP contribution in [0.2, 0.25) is 0 Å². The number of nitrogens with one attached hydrogen (secondary N) is 1. The molecule has 0 aromatic heterocycles. The Labute approximate surface area is 554 Å². The van der Waals surface area contributed by atoms with Gasteiger partial charge in [0.25, 0.3) is 0 Å². The van der Waals surface area contributed by atoms with Crippen LogP contribution in [-0.2, 0) is 27.9 Å². The van der Waals surface area contributed by atoms with Crippen molar-refractivity contribution in [2.24, 2.45) is 0 Å². The second-order valence-electron chi connectivity index (χ2n) is 25.0. The minimum Gasteiger partial charge on any atom is -0.456 e. The van der Waals surface area contributed by atoms with Crippen LogP contribution >= 0.6 is 7.82 Å². The summed E-state index contributed by atoms with van der Waals surface area (Å²) in [4.78, 5) is 38.0. The van der Waals surface area contributed by atoms with Crippen LogP contribution < -0.4 is 5.32 Å². The first-order chi connectivity index (χ1) is 43.9. The lowest BCUT2D eigenvalue weighted by molar-refractivity contribution is -0.870. The zero-order valence-corrected chi connectivity index (χ0v) is 59.5. The van der Waals surface area contributed by atoms with Crippen molar-refractivity contribution >= 4 is 19.7 Å². The number of carbonyl (C=O) groups excluding carboxylic acids is 2. The quantitative estimate of drug-likeness (QED) is 0.0205. The van der Waals surface area contributed by atoms with Gasteiger partial charge in [-0.2, -0.15) is 0 Å². The normalized spacial score (nSPS) is 14.4. The predicted molar refractivity (Wildman–Crippen MR) is 392 cm³/mol. The highest BCUT2D eigenvalue weighted by Crippen LogP contribution is 2.43. The van der Waals surface area contributed by atoms with Crippen LogP contribution in [0.3, 0.4) is 0 Å². The lowest BCUT2D eigenvalue weighted by atomic mass is 10.0. The average Bonchev–Trinajstić information content (AvgIpc) is 3.04. The highest BCUT2D eigenvalue weighted by atomic mass is 31.2. The van der Waals surface area contributed by atoms with E-state index in [-0.39, 0.29) is 31.5 Å². The predicted octanol–water partition coefficient (Wildman–Crippen LogP) is 23.5. The Balaban J connectivity index is 5.13. The maximum atomic E-state index is 13.6. The number of quaternary nitrogens is 1. The van der Waals surface area contributed by atoms with E-state index >= 15 is 0 Å². The van der Waals surface area contributed by atoms with Gasteiger partial charge in [-0.25, -0.2) is 4.57 Å². The van der Waals surface area contributed by atoms with E-state index in [9.17, 15) is 19.0 Å². The molecule has 0 bridgehead atoms. The van der Waals surface area contributed by atoms with E-state index < -0.39 is 20.0 Å². The molecule has 0 rings (SSSR count). The van der Waals surface area contributed by atoms with Crippen LogP contribution in [-0.4, -0.2) is 74.3 Å². The van der Waals surface area contributed by atoms with Crippen molar-refractivity contribution < 1.29 is 37.3 Å². The molecular weight excluding hydrogens is 1130 g/mol. The van der Waals surface area contributed by atoms with Crippen molar-refractivity contribution in [1.82, 2.24) is 5.32 Å². The summed E-state index contributed by atoms with van der Waals surface area (Å²) in [6.07, 6.45) is 99.7. The van der Waals surface area contributed by atoms with E-state index in [1.54, 1.807) is 0 Å². The maximum absolute atomic E-state index is 13.6. The molecule has 3 unspecified atom stereocenters. The average molecular weight is 1270 g/mol. The molecule has 0 spiro atoms. The third-order valence-corrected chi connectivity index (χ3v) is 16.2. The highest BCUT2D eigenvalue weighted by molar-refractivity contribution is 7.47. The SMILES string of the molecule is CC/C=C\C/C=C\C/C=C\C/C=C\C/C=C\C/C=C\CCCCCCCCCCC(=O)NC(COP(=O)(O)OCC[N+](C)(C)C)C(/C=C/CCCCCCCCCCCC)OC(=O)CCCCCCCC/C=C\C/C=C\C/C=C\C/C=C\C/C=C\C/C=C\CC. The fraction of sp³-hybridized carbons (Fsp3) is 0.650. The van der Waals surface area contributed by atoms with E-state index in [4.69, 9.17) is 13.8 Å². The summed E-state index contributed by atoms with van der Waals surface area (Å²) in [7, 11) is 1.46. The van der Waals surface area contributed by atoms with Crippen molar-refractivity contribution in [3.05, 3.63) is 158 Å². The van der Waals surface area contributed by atoms with Crippen LogP contribution in [0.1, 0.15) is 284 Å². The third-order valence-electron chi connectivity index (χ3n) is 15.2. The van der Waals surface area contributed by atoms with E-state index in [2.05, 4.69) is 172 Å². The Morgan fingerprint density at radius 3 is 1.07 bits per heavy atom. The molecule has 90 heavy (non-hydrogen) atoms. The van der Waals surface area contributed by atoms with Gasteiger partial charge >= 0.3 is 13.8 Å². The highest BCUT2D eigenvalue weighted by Gasteiger charge is 2.30. The molecular formula is C80H136N2O7P+. The molecule has 0 saturated carbocycles. The molecule has 0 aliphatic carbocycles. The summed E-state index contributed by atoms with van der Waals surface area (Å²) in [5.41, 5.74) is 0. The van der Waals surface area contributed by atoms with Crippen LogP contribution in [0.25, 0.3) is 0 Å². The smallest absolute Gasteiger partial charge is 0.456 e. The van der Waals surface area contributed by atoms with Crippen molar-refractivity contribution in [2.75, 3.05) is 40.9 Å². The second kappa shape index (κ2) is 67.5. The summed E-state index contributed by atoms with van der Waals surface area (Å²) in [6.45, 7) is 6.76. The number of carbonyl (C=O) groups is 2. The number of rotatable bonds is 64. The summed E-state index contributed by atoms with van der Waals surface area (Å²) < 4.78 is 30.8. The largest absolute Gasteiger partial charge is 0.472 e. The Bertz CT molecular complexity index is 2100. The first-order valence-electron chi connectivity index (χ1n) is 36.3. The number of phosphoric ester groups is 1. The topological polar surface area (TPSA) is 111 Å². The lowest BCUT2D eigenvalue weighted by Crippen LogP contribution is -2.47. The van der Waals surface area contributed by atoms with Gasteiger partial charge in [0.1, 0.15) is 19.3 Å². The zero-order valence-electron chi connectivity index (χ0n) is 58.6. The monoisotopic (exact) mass is 1270 g/mol. The van der Waals surface area contributed by atoms with Crippen molar-refractivity contribution in [3.63, 3.8) is 0 Å². The van der Waals surface area contributed by atoms with Gasteiger partial charge in [0.2, 0.25) is 5.91 Å². The molecule has 0 aliphatic rings. The van der Waals surface area contributed by atoms with Gasteiger partial charge < -0.3 is 19.4 Å². The van der Waals surface area contributed by atoms with Gasteiger partial charge in [0.05, 0.1) is 33.8 Å². The van der Waals surface area contributed by atoms with Gasteiger partial charge in [-0.3, -0.25) is 18.6 Å². The van der Waals surface area contributed by atoms with Crippen LogP contribution in [0, 0.1) is 0 Å². The van der Waals surface area contributed by atoms with Gasteiger partial charge in [-0.05, 0) is 134 Å². The van der Waals surface area contributed by atoms with E-state index in [0.29, 0.717) is 23.9 Å². The van der Waals surface area contributed by atoms with E-state index in [1.165, 1.54) is 77.0 Å². The summed E-state index contributed by atoms with van der Waals surface area (Å²) >= 11 is 0. The first kappa shape index (κ1) is 85.6. The molecule has 0 aliphatic heterocycles. The summed E-state index contributed by atoms with van der Waals surface area (Å²) in [6, 6.07) is -0.873. The molecule has 0 aromatic carbocycles. The number of nitrogens with zero attached hydrogens (tertiary/aromatic N) is 1. The van der Waals surface area contributed by atoms with Gasteiger partial charge in [-0.1, -0.05) is 295 Å². The molecule has 0 heterocycles. The van der Waals surface area contributed by atoms with Crippen LogP contribution in [0.5, 0.6) is 0 Å². The molecule has 0 radical (unpaired) electrons. The van der Waals surface area contributed by atoms with Gasteiger partial charge in [0, 0.05) is 12.8 Å². The molecule has 0 saturated heterocycles. The number of hydrogen-bond acceptors (Lipinski definition) is 6. The number of ether oxygens (including phenoxy) is 1. The molecule has 2 N–H and O–H groups in total. The molecule has 3 atom stereocenters. The van der Waals surface area contributed by atoms with Crippen LogP contribution in [0.4, 0.5) is 0 Å². The Morgan fingerprint density at radius 1 is 0.400 bits per heavy atom. The number of esters is 1. The second-order valence-corrected chi connectivity index (χ2v) is 26.4. The molecule has 0 fully saturated rings. The number of phosphoric acid groups is 1. The fourth-order valence-corrected chi connectivity index (χ4v) is 10.4. The molecule has 1 amide bonds. The molecule has 9 nitrogen and oxygen atoms in total. The van der Waals surface area contributed by atoms with E-state index in [0.717, 1.165) is 167 Å². The van der Waals surface area contributed by atoms with Crippen LogP contribution in [0.15, 0.2) is 158 Å². The molecule has 0 aromatic rings. The third kappa shape index (κ3) is 68.0. The summed E-state index contributed by atoms with van der Waals surface area (Å²) in [5, 5.41) is 3.06. The molecule has 512 valence electrons. The van der Waals surface area contributed by atoms with Crippen molar-refractivity contribution in [2.45, 2.75) is 296 Å². The first-order valence-corrected chi connectivity index (χ1v) is 37.8. The Hall–Kier alpha value is -4.37. The van der Waals surface area contributed by atoms with Gasteiger partial charge in [0.15, 0.2) is 0 Å². The number of likely N-dealkylation sites (N-methyl/N-ethyl adjacent to an activating group) is 1. The summed E-state index contributed by atoms with van der Waals surface area (Å²) in [5.74, 6) is -0.540.